The van der Waals surface area contributed by atoms with Crippen molar-refractivity contribution in [2.24, 2.45) is 0 Å². The molecule has 1 aromatic carbocycles. The van der Waals surface area contributed by atoms with Crippen LogP contribution in [-0.2, 0) is 4.79 Å². The lowest BCUT2D eigenvalue weighted by Gasteiger charge is -2.20. The molecular weight excluding hydrogens is 418 g/mol. The van der Waals surface area contributed by atoms with E-state index in [0.717, 1.165) is 23.1 Å². The largest absolute Gasteiger partial charge is 0.486 e. The molecular formula is C17H18ClN7O3S. The molecule has 0 saturated carbocycles. The minimum atomic E-state index is -0.274. The van der Waals surface area contributed by atoms with Crippen molar-refractivity contribution in [2.45, 2.75) is 19.0 Å². The van der Waals surface area contributed by atoms with E-state index < -0.39 is 0 Å². The molecule has 0 radical (unpaired) electrons. The van der Waals surface area contributed by atoms with Crippen molar-refractivity contribution < 1.29 is 14.3 Å². The van der Waals surface area contributed by atoms with Gasteiger partial charge >= 0.3 is 0 Å². The number of anilines is 1. The molecule has 3 N–H and O–H groups in total. The van der Waals surface area contributed by atoms with E-state index in [9.17, 15) is 4.79 Å². The number of halogens is 1. The molecule has 0 saturated heterocycles. The van der Waals surface area contributed by atoms with E-state index in [1.807, 2.05) is 19.9 Å². The van der Waals surface area contributed by atoms with E-state index in [4.69, 9.17) is 26.9 Å². The normalized spacial score (nSPS) is 12.8. The van der Waals surface area contributed by atoms with E-state index in [1.165, 1.54) is 4.68 Å². The summed E-state index contributed by atoms with van der Waals surface area (Å²) < 4.78 is 13.9. The Balaban J connectivity index is 1.42. The van der Waals surface area contributed by atoms with E-state index in [2.05, 4.69) is 20.6 Å². The minimum Gasteiger partial charge on any atom is -0.486 e. The van der Waals surface area contributed by atoms with Gasteiger partial charge in [-0.05, 0) is 19.9 Å². The van der Waals surface area contributed by atoms with Crippen LogP contribution in [0.1, 0.15) is 11.4 Å². The standard InChI is InChI=1S/C17H18ClN7O3S/c1-9-5-10(2)25(23-9)16-21-22-17(24(16)19)29-8-15(26)20-12-7-14-13(6-11(12)18)27-3-4-28-14/h5-7H,3-4,8,19H2,1-2H3,(H,20,26). The van der Waals surface area contributed by atoms with E-state index >= 15 is 0 Å². The number of nitrogens with zero attached hydrogens (tertiary/aromatic N) is 5. The number of benzene rings is 1. The zero-order valence-corrected chi connectivity index (χ0v) is 17.3. The lowest BCUT2D eigenvalue weighted by molar-refractivity contribution is -0.113. The van der Waals surface area contributed by atoms with Crippen LogP contribution >= 0.6 is 23.4 Å². The van der Waals surface area contributed by atoms with Crippen molar-refractivity contribution in [3.63, 3.8) is 0 Å². The van der Waals surface area contributed by atoms with Crippen molar-refractivity contribution in [3.8, 4) is 17.4 Å². The van der Waals surface area contributed by atoms with Gasteiger partial charge in [-0.2, -0.15) is 5.10 Å². The smallest absolute Gasteiger partial charge is 0.271 e. The predicted molar refractivity (Wildman–Crippen MR) is 109 cm³/mol. The first-order valence-corrected chi connectivity index (χ1v) is 10.0. The molecule has 10 nitrogen and oxygen atoms in total. The number of amides is 1. The topological polar surface area (TPSA) is 122 Å². The third kappa shape index (κ3) is 3.96. The zero-order chi connectivity index (χ0) is 20.5. The van der Waals surface area contributed by atoms with Crippen molar-refractivity contribution in [3.05, 3.63) is 34.6 Å². The van der Waals surface area contributed by atoms with Gasteiger partial charge in [0.05, 0.1) is 22.2 Å². The number of nitrogen functional groups attached to an aromatic ring is 1. The highest BCUT2D eigenvalue weighted by Crippen LogP contribution is 2.38. The Morgan fingerprint density at radius 1 is 1.24 bits per heavy atom. The second kappa shape index (κ2) is 7.84. The molecule has 1 aliphatic rings. The number of hydrogen-bond acceptors (Lipinski definition) is 8. The number of aromatic nitrogens is 5. The zero-order valence-electron chi connectivity index (χ0n) is 15.7. The average molecular weight is 436 g/mol. The Morgan fingerprint density at radius 2 is 1.97 bits per heavy atom. The third-order valence-corrected chi connectivity index (χ3v) is 5.34. The number of hydrogen-bond donors (Lipinski definition) is 2. The van der Waals surface area contributed by atoms with Gasteiger partial charge in [-0.25, -0.2) is 9.36 Å². The fourth-order valence-electron chi connectivity index (χ4n) is 2.82. The lowest BCUT2D eigenvalue weighted by atomic mass is 10.2. The Bertz CT molecular complexity index is 1080. The van der Waals surface area contributed by atoms with Crippen molar-refractivity contribution in [2.75, 3.05) is 30.1 Å². The summed E-state index contributed by atoms with van der Waals surface area (Å²) >= 11 is 7.37. The van der Waals surface area contributed by atoms with Crippen molar-refractivity contribution >= 4 is 35.0 Å². The molecule has 3 heterocycles. The van der Waals surface area contributed by atoms with Crippen LogP contribution in [0, 0.1) is 13.8 Å². The van der Waals surface area contributed by atoms with Gasteiger partial charge < -0.3 is 20.6 Å². The Morgan fingerprint density at radius 3 is 2.66 bits per heavy atom. The fourth-order valence-corrected chi connectivity index (χ4v) is 3.67. The molecule has 0 fully saturated rings. The van der Waals surface area contributed by atoms with Crippen molar-refractivity contribution in [1.82, 2.24) is 24.7 Å². The number of rotatable bonds is 5. The van der Waals surface area contributed by atoms with Gasteiger partial charge in [0.1, 0.15) is 13.2 Å². The van der Waals surface area contributed by atoms with Crippen LogP contribution in [-0.4, -0.2) is 49.5 Å². The van der Waals surface area contributed by atoms with Gasteiger partial charge in [0, 0.05) is 17.8 Å². The highest BCUT2D eigenvalue weighted by atomic mass is 35.5. The summed E-state index contributed by atoms with van der Waals surface area (Å²) in [5.74, 6) is 7.34. The summed E-state index contributed by atoms with van der Waals surface area (Å²) in [7, 11) is 0. The Labute approximate surface area is 175 Å². The molecule has 0 spiro atoms. The van der Waals surface area contributed by atoms with E-state index in [0.29, 0.717) is 46.5 Å². The van der Waals surface area contributed by atoms with Crippen LogP contribution in [0.25, 0.3) is 5.95 Å². The summed E-state index contributed by atoms with van der Waals surface area (Å²) in [5, 5.41) is 16.0. The molecule has 152 valence electrons. The second-order valence-corrected chi connectivity index (χ2v) is 7.65. The summed E-state index contributed by atoms with van der Waals surface area (Å²) in [6, 6.07) is 5.17. The van der Waals surface area contributed by atoms with Gasteiger partial charge in [-0.1, -0.05) is 23.4 Å². The summed E-state index contributed by atoms with van der Waals surface area (Å²) in [6.07, 6.45) is 0. The van der Waals surface area contributed by atoms with Crippen LogP contribution in [0.5, 0.6) is 11.5 Å². The third-order valence-electron chi connectivity index (χ3n) is 4.08. The maximum absolute atomic E-state index is 12.4. The van der Waals surface area contributed by atoms with Crippen molar-refractivity contribution in [1.29, 1.82) is 0 Å². The maximum atomic E-state index is 12.4. The molecule has 0 unspecified atom stereocenters. The highest BCUT2D eigenvalue weighted by Gasteiger charge is 2.18. The fraction of sp³-hybridized carbons (Fsp3) is 0.294. The molecule has 12 heteroatoms. The average Bonchev–Trinajstić information content (AvgIpc) is 3.21. The number of thioether (sulfide) groups is 1. The molecule has 1 aliphatic heterocycles. The molecule has 0 aliphatic carbocycles. The van der Waals surface area contributed by atoms with Gasteiger partial charge in [-0.15, -0.1) is 10.2 Å². The van der Waals surface area contributed by atoms with Gasteiger partial charge in [0.15, 0.2) is 11.5 Å². The predicted octanol–water partition coefficient (Wildman–Crippen LogP) is 1.95. The number of carbonyl (C=O) groups is 1. The highest BCUT2D eigenvalue weighted by molar-refractivity contribution is 7.99. The van der Waals surface area contributed by atoms with Gasteiger partial charge in [0.2, 0.25) is 11.1 Å². The maximum Gasteiger partial charge on any atom is 0.271 e. The first kappa shape index (κ1) is 19.4. The Kier molecular flexibility index (Phi) is 5.24. The molecule has 1 amide bonds. The monoisotopic (exact) mass is 435 g/mol. The molecule has 29 heavy (non-hydrogen) atoms. The summed E-state index contributed by atoms with van der Waals surface area (Å²) in [6.45, 7) is 4.68. The van der Waals surface area contributed by atoms with Crippen LogP contribution in [0.15, 0.2) is 23.4 Å². The number of fused-ring (bicyclic) bond motifs is 1. The van der Waals surface area contributed by atoms with Crippen LogP contribution in [0.3, 0.4) is 0 Å². The number of carbonyl (C=O) groups excluding carboxylic acids is 1. The van der Waals surface area contributed by atoms with Crippen LogP contribution in [0.2, 0.25) is 5.02 Å². The first-order chi connectivity index (χ1) is 13.9. The first-order valence-electron chi connectivity index (χ1n) is 8.68. The molecule has 0 bridgehead atoms. The minimum absolute atomic E-state index is 0.0667. The van der Waals surface area contributed by atoms with Gasteiger partial charge in [0.25, 0.3) is 5.95 Å². The number of ether oxygens (including phenoxy) is 2. The summed E-state index contributed by atoms with van der Waals surface area (Å²) in [4.78, 5) is 12.4. The lowest BCUT2D eigenvalue weighted by Crippen LogP contribution is -2.19. The number of aryl methyl sites for hydroxylation is 2. The summed E-state index contributed by atoms with van der Waals surface area (Å²) in [5.41, 5.74) is 2.17. The van der Waals surface area contributed by atoms with E-state index in [-0.39, 0.29) is 11.7 Å². The van der Waals surface area contributed by atoms with Crippen LogP contribution < -0.4 is 20.6 Å². The number of nitrogens with one attached hydrogen (secondary N) is 1. The molecule has 3 aromatic rings. The van der Waals surface area contributed by atoms with Crippen LogP contribution in [0.4, 0.5) is 5.69 Å². The van der Waals surface area contributed by atoms with Gasteiger partial charge in [-0.3, -0.25) is 4.79 Å². The van der Waals surface area contributed by atoms with E-state index in [1.54, 1.807) is 16.8 Å². The molecule has 4 rings (SSSR count). The Hall–Kier alpha value is -2.92. The second-order valence-electron chi connectivity index (χ2n) is 6.30. The SMILES string of the molecule is Cc1cc(C)n(-c2nnc(SCC(=O)Nc3cc4c(cc3Cl)OCCO4)n2N)n1. The quantitative estimate of drug-likeness (QED) is 0.460. The number of nitrogens with two attached hydrogens (primary N) is 1. The molecule has 0 atom stereocenters. The molecule has 2 aromatic heterocycles.